The van der Waals surface area contributed by atoms with Gasteiger partial charge in [0.2, 0.25) is 0 Å². The monoisotopic (exact) mass is 520 g/mol. The molecule has 0 spiro atoms. The minimum Gasteiger partial charge on any atom is -0.468 e. The number of amides is 3. The largest absolute Gasteiger partial charge is 0.468 e. The number of nitrogens with one attached hydrogen (secondary N) is 4. The molecule has 1 heterocycles. The molecule has 0 bridgehead atoms. The maximum absolute atomic E-state index is 13.3. The number of para-hydroxylation sites is 2. The average molecular weight is 521 g/mol. The van der Waals surface area contributed by atoms with Gasteiger partial charge in [0.25, 0.3) is 5.91 Å². The second-order valence-electron chi connectivity index (χ2n) is 9.61. The standard InChI is InChI=1S/C28H36N6O4/c1-29-24(27(36)38-2)16-30-26(35)20-14-12-19(13-15-20)17-34(28(37)31-21-8-4-3-5-9-21)18-25-32-22-10-6-7-11-23(22)33-25/h6-7,10-15,21,24,29H,3-5,8-9,16-18H2,1-2H3,(H,30,35)(H,31,37)(H,32,33). The molecule has 202 valence electrons. The first-order valence-electron chi connectivity index (χ1n) is 13.1. The molecule has 1 aromatic heterocycles. The van der Waals surface area contributed by atoms with Crippen molar-refractivity contribution in [2.45, 2.75) is 57.3 Å². The second kappa shape index (κ2) is 13.0. The van der Waals surface area contributed by atoms with Gasteiger partial charge in [0.1, 0.15) is 11.9 Å². The van der Waals surface area contributed by atoms with E-state index in [1.54, 1.807) is 24.1 Å². The minimum absolute atomic E-state index is 0.108. The molecule has 1 aliphatic carbocycles. The number of carbonyl (C=O) groups is 3. The number of esters is 1. The third-order valence-electron chi connectivity index (χ3n) is 6.89. The Hall–Kier alpha value is -3.92. The number of hydrogen-bond donors (Lipinski definition) is 4. The van der Waals surface area contributed by atoms with Gasteiger partial charge in [0.15, 0.2) is 0 Å². The van der Waals surface area contributed by atoms with Crippen LogP contribution in [-0.2, 0) is 22.6 Å². The fourth-order valence-corrected chi connectivity index (χ4v) is 4.70. The summed E-state index contributed by atoms with van der Waals surface area (Å²) >= 11 is 0. The second-order valence-corrected chi connectivity index (χ2v) is 9.61. The number of urea groups is 1. The van der Waals surface area contributed by atoms with Gasteiger partial charge in [0, 0.05) is 24.7 Å². The van der Waals surface area contributed by atoms with Crippen LogP contribution in [0, 0.1) is 0 Å². The van der Waals surface area contributed by atoms with Gasteiger partial charge in [-0.1, -0.05) is 43.5 Å². The van der Waals surface area contributed by atoms with Crippen LogP contribution < -0.4 is 16.0 Å². The highest BCUT2D eigenvalue weighted by Crippen LogP contribution is 2.19. The predicted molar refractivity (Wildman–Crippen MR) is 144 cm³/mol. The lowest BCUT2D eigenvalue weighted by Gasteiger charge is -2.28. The number of likely N-dealkylation sites (N-methyl/N-ethyl adjacent to an activating group) is 1. The van der Waals surface area contributed by atoms with Crippen molar-refractivity contribution in [3.05, 3.63) is 65.5 Å². The zero-order valence-corrected chi connectivity index (χ0v) is 22.0. The number of rotatable bonds is 10. The Morgan fingerprint density at radius 2 is 1.79 bits per heavy atom. The van der Waals surface area contributed by atoms with Crippen LogP contribution in [0.4, 0.5) is 4.79 Å². The first-order chi connectivity index (χ1) is 18.5. The maximum Gasteiger partial charge on any atom is 0.324 e. The molecule has 4 rings (SSSR count). The summed E-state index contributed by atoms with van der Waals surface area (Å²) in [5.74, 6) is -0.0280. The quantitative estimate of drug-likeness (QED) is 0.304. The number of fused-ring (bicyclic) bond motifs is 1. The van der Waals surface area contributed by atoms with E-state index in [-0.39, 0.29) is 24.5 Å². The van der Waals surface area contributed by atoms with Crippen molar-refractivity contribution in [3.63, 3.8) is 0 Å². The van der Waals surface area contributed by atoms with Gasteiger partial charge in [-0.25, -0.2) is 9.78 Å². The predicted octanol–water partition coefficient (Wildman–Crippen LogP) is 3.10. The van der Waals surface area contributed by atoms with E-state index in [4.69, 9.17) is 4.74 Å². The van der Waals surface area contributed by atoms with Crippen LogP contribution in [-0.4, -0.2) is 65.6 Å². The van der Waals surface area contributed by atoms with Gasteiger partial charge in [-0.15, -0.1) is 0 Å². The molecule has 1 unspecified atom stereocenters. The Kier molecular flexibility index (Phi) is 9.31. The van der Waals surface area contributed by atoms with Crippen molar-refractivity contribution in [2.24, 2.45) is 0 Å². The summed E-state index contributed by atoms with van der Waals surface area (Å²) in [5.41, 5.74) is 3.14. The van der Waals surface area contributed by atoms with Gasteiger partial charge >= 0.3 is 12.0 Å². The third kappa shape index (κ3) is 7.10. The topological polar surface area (TPSA) is 128 Å². The first-order valence-corrected chi connectivity index (χ1v) is 13.1. The summed E-state index contributed by atoms with van der Waals surface area (Å²) in [5, 5.41) is 8.77. The van der Waals surface area contributed by atoms with Crippen LogP contribution in [0.5, 0.6) is 0 Å². The molecule has 1 fully saturated rings. The van der Waals surface area contributed by atoms with Crippen molar-refractivity contribution in [3.8, 4) is 0 Å². The zero-order chi connectivity index (χ0) is 26.9. The van der Waals surface area contributed by atoms with E-state index >= 15 is 0 Å². The van der Waals surface area contributed by atoms with Crippen LogP contribution in [0.1, 0.15) is 53.8 Å². The van der Waals surface area contributed by atoms with Gasteiger partial charge in [-0.2, -0.15) is 0 Å². The van der Waals surface area contributed by atoms with E-state index in [1.807, 2.05) is 36.4 Å². The molecule has 3 amide bonds. The van der Waals surface area contributed by atoms with Gasteiger partial charge < -0.3 is 30.6 Å². The number of ether oxygens (including phenoxy) is 1. The zero-order valence-electron chi connectivity index (χ0n) is 22.0. The number of aromatic amines is 1. The highest BCUT2D eigenvalue weighted by Gasteiger charge is 2.22. The van der Waals surface area contributed by atoms with Crippen LogP contribution in [0.15, 0.2) is 48.5 Å². The number of hydrogen-bond acceptors (Lipinski definition) is 6. The van der Waals surface area contributed by atoms with E-state index in [0.29, 0.717) is 24.5 Å². The SMILES string of the molecule is CNC(CNC(=O)c1ccc(CN(Cc2nc3ccccc3[nH]2)C(=O)NC2CCCCC2)cc1)C(=O)OC. The van der Waals surface area contributed by atoms with Crippen molar-refractivity contribution >= 4 is 28.9 Å². The van der Waals surface area contributed by atoms with Crippen molar-refractivity contribution in [2.75, 3.05) is 20.7 Å². The molecular weight excluding hydrogens is 484 g/mol. The summed E-state index contributed by atoms with van der Waals surface area (Å²) < 4.78 is 4.72. The highest BCUT2D eigenvalue weighted by molar-refractivity contribution is 5.94. The average Bonchev–Trinajstić information content (AvgIpc) is 3.36. The van der Waals surface area contributed by atoms with E-state index in [0.717, 1.165) is 42.3 Å². The number of aromatic nitrogens is 2. The molecule has 10 heteroatoms. The molecular formula is C28H36N6O4. The molecule has 0 aliphatic heterocycles. The smallest absolute Gasteiger partial charge is 0.324 e. The Labute approximate surface area is 222 Å². The number of benzene rings is 2. The van der Waals surface area contributed by atoms with E-state index < -0.39 is 12.0 Å². The molecule has 3 aromatic rings. The van der Waals surface area contributed by atoms with Crippen LogP contribution in [0.25, 0.3) is 11.0 Å². The van der Waals surface area contributed by atoms with Crippen LogP contribution in [0.3, 0.4) is 0 Å². The molecule has 1 atom stereocenters. The summed E-state index contributed by atoms with van der Waals surface area (Å²) in [7, 11) is 2.93. The van der Waals surface area contributed by atoms with Crippen LogP contribution in [0.2, 0.25) is 0 Å². The van der Waals surface area contributed by atoms with Crippen molar-refractivity contribution < 1.29 is 19.1 Å². The Morgan fingerprint density at radius 3 is 2.47 bits per heavy atom. The Bertz CT molecular complexity index is 1200. The number of carbonyl (C=O) groups excluding carboxylic acids is 3. The lowest BCUT2D eigenvalue weighted by atomic mass is 9.96. The minimum atomic E-state index is -0.627. The van der Waals surface area contributed by atoms with Crippen LogP contribution >= 0.6 is 0 Å². The molecule has 4 N–H and O–H groups in total. The molecule has 1 aliphatic rings. The molecule has 0 radical (unpaired) electrons. The maximum atomic E-state index is 13.3. The number of imidazole rings is 1. The number of methoxy groups -OCH3 is 1. The van der Waals surface area contributed by atoms with E-state index in [2.05, 4.69) is 25.9 Å². The summed E-state index contributed by atoms with van der Waals surface area (Å²) in [6, 6.07) is 14.3. The summed E-state index contributed by atoms with van der Waals surface area (Å²) in [6.07, 6.45) is 5.48. The van der Waals surface area contributed by atoms with Crippen molar-refractivity contribution in [1.82, 2.24) is 30.8 Å². The Balaban J connectivity index is 1.43. The molecule has 38 heavy (non-hydrogen) atoms. The summed E-state index contributed by atoms with van der Waals surface area (Å²) in [4.78, 5) is 47.4. The fraction of sp³-hybridized carbons (Fsp3) is 0.429. The number of H-pyrrole nitrogens is 1. The summed E-state index contributed by atoms with van der Waals surface area (Å²) in [6.45, 7) is 0.798. The third-order valence-corrected chi connectivity index (χ3v) is 6.89. The molecule has 10 nitrogen and oxygen atoms in total. The van der Waals surface area contributed by atoms with Gasteiger partial charge in [-0.3, -0.25) is 9.59 Å². The van der Waals surface area contributed by atoms with Gasteiger partial charge in [0.05, 0.1) is 24.7 Å². The van der Waals surface area contributed by atoms with Gasteiger partial charge in [-0.05, 0) is 49.7 Å². The van der Waals surface area contributed by atoms with E-state index in [1.165, 1.54) is 13.5 Å². The normalized spacial score (nSPS) is 14.6. The molecule has 1 saturated carbocycles. The fourth-order valence-electron chi connectivity index (χ4n) is 4.70. The lowest BCUT2D eigenvalue weighted by Crippen LogP contribution is -2.45. The Morgan fingerprint density at radius 1 is 1.05 bits per heavy atom. The highest BCUT2D eigenvalue weighted by atomic mass is 16.5. The number of nitrogens with zero attached hydrogens (tertiary/aromatic N) is 2. The lowest BCUT2D eigenvalue weighted by molar-refractivity contribution is -0.142. The van der Waals surface area contributed by atoms with E-state index in [9.17, 15) is 14.4 Å². The molecule has 2 aromatic carbocycles. The molecule has 0 saturated heterocycles. The van der Waals surface area contributed by atoms with Crippen molar-refractivity contribution in [1.29, 1.82) is 0 Å². The first kappa shape index (κ1) is 27.1.